The van der Waals surface area contributed by atoms with E-state index < -0.39 is 10.0 Å². The first-order valence-corrected chi connectivity index (χ1v) is 8.67. The molecule has 1 saturated heterocycles. The Bertz CT molecular complexity index is 335. The zero-order valence-corrected chi connectivity index (χ0v) is 12.8. The highest BCUT2D eigenvalue weighted by Gasteiger charge is 2.19. The Morgan fingerprint density at radius 1 is 1.37 bits per heavy atom. The van der Waals surface area contributed by atoms with E-state index in [-0.39, 0.29) is 11.9 Å². The maximum atomic E-state index is 11.8. The van der Waals surface area contributed by atoms with Crippen LogP contribution >= 0.6 is 0 Å². The molecule has 1 rings (SSSR count). The number of sulfonamides is 1. The lowest BCUT2D eigenvalue weighted by molar-refractivity contribution is -0.0156. The largest absolute Gasteiger partial charge is 0.374 e. The number of morpholine rings is 1. The van der Waals surface area contributed by atoms with Gasteiger partial charge in [-0.25, -0.2) is 13.1 Å². The summed E-state index contributed by atoms with van der Waals surface area (Å²) in [4.78, 5) is 2.15. The van der Waals surface area contributed by atoms with Gasteiger partial charge in [0.2, 0.25) is 10.0 Å². The molecule has 0 saturated carbocycles. The van der Waals surface area contributed by atoms with Crippen molar-refractivity contribution < 1.29 is 13.2 Å². The van der Waals surface area contributed by atoms with Crippen LogP contribution in [0.3, 0.4) is 0 Å². The van der Waals surface area contributed by atoms with Gasteiger partial charge in [0.25, 0.3) is 0 Å². The molecule has 1 aliphatic heterocycles. The Morgan fingerprint density at radius 2 is 2.16 bits per heavy atom. The number of unbranched alkanes of at least 4 members (excludes halogenated alkanes) is 1. The third-order valence-corrected chi connectivity index (χ3v) is 4.57. The molecule has 0 aromatic rings. The second kappa shape index (κ2) is 8.86. The Balaban J connectivity index is 2.15. The van der Waals surface area contributed by atoms with Crippen molar-refractivity contribution in [3.63, 3.8) is 0 Å². The van der Waals surface area contributed by atoms with Crippen molar-refractivity contribution in [1.82, 2.24) is 14.9 Å². The van der Waals surface area contributed by atoms with Crippen molar-refractivity contribution in [2.75, 3.05) is 52.1 Å². The van der Waals surface area contributed by atoms with Gasteiger partial charge in [-0.3, -0.25) is 0 Å². The molecular formula is C12H27N3O3S. The fourth-order valence-corrected chi connectivity index (χ4v) is 3.17. The fourth-order valence-electron chi connectivity index (χ4n) is 2.00. The fraction of sp³-hybridized carbons (Fsp3) is 1.00. The van der Waals surface area contributed by atoms with Crippen LogP contribution in [0, 0.1) is 0 Å². The van der Waals surface area contributed by atoms with Crippen LogP contribution in [0.5, 0.6) is 0 Å². The molecule has 1 aliphatic rings. The summed E-state index contributed by atoms with van der Waals surface area (Å²) in [7, 11) is -1.14. The normalized spacial score (nSPS) is 21.7. The molecule has 1 unspecified atom stereocenters. The molecule has 114 valence electrons. The van der Waals surface area contributed by atoms with Crippen LogP contribution in [-0.4, -0.2) is 71.6 Å². The van der Waals surface area contributed by atoms with E-state index >= 15 is 0 Å². The summed E-state index contributed by atoms with van der Waals surface area (Å²) >= 11 is 0. The highest BCUT2D eigenvalue weighted by Crippen LogP contribution is 2.02. The Kier molecular flexibility index (Phi) is 7.86. The lowest BCUT2D eigenvalue weighted by atomic mass is 10.3. The molecule has 0 radical (unpaired) electrons. The van der Waals surface area contributed by atoms with E-state index in [1.165, 1.54) is 0 Å². The van der Waals surface area contributed by atoms with Gasteiger partial charge in [-0.05, 0) is 33.0 Å². The molecule has 1 atom stereocenters. The second-order valence-electron chi connectivity index (χ2n) is 4.98. The summed E-state index contributed by atoms with van der Waals surface area (Å²) in [6, 6.07) is 0. The summed E-state index contributed by atoms with van der Waals surface area (Å²) in [6.07, 6.45) is 1.54. The van der Waals surface area contributed by atoms with E-state index in [0.717, 1.165) is 32.6 Å². The quantitative estimate of drug-likeness (QED) is 0.568. The van der Waals surface area contributed by atoms with E-state index in [9.17, 15) is 8.42 Å². The van der Waals surface area contributed by atoms with E-state index in [4.69, 9.17) is 4.74 Å². The number of likely N-dealkylation sites (N-methyl/N-ethyl adjacent to an activating group) is 1. The molecule has 0 aromatic heterocycles. The molecule has 0 bridgehead atoms. The molecule has 1 fully saturated rings. The van der Waals surface area contributed by atoms with Crippen molar-refractivity contribution in [3.8, 4) is 0 Å². The van der Waals surface area contributed by atoms with Crippen LogP contribution in [0.15, 0.2) is 0 Å². The zero-order chi connectivity index (χ0) is 14.1. The van der Waals surface area contributed by atoms with E-state index in [2.05, 4.69) is 14.9 Å². The van der Waals surface area contributed by atoms with E-state index in [0.29, 0.717) is 19.6 Å². The minimum Gasteiger partial charge on any atom is -0.374 e. The van der Waals surface area contributed by atoms with Crippen LogP contribution in [0.1, 0.15) is 19.8 Å². The molecule has 6 nitrogen and oxygen atoms in total. The third-order valence-electron chi connectivity index (χ3n) is 3.14. The average Bonchev–Trinajstić information content (AvgIpc) is 2.36. The summed E-state index contributed by atoms with van der Waals surface area (Å²) < 4.78 is 31.7. The molecule has 2 N–H and O–H groups in total. The highest BCUT2D eigenvalue weighted by atomic mass is 32.2. The third kappa shape index (κ3) is 7.84. The molecule has 19 heavy (non-hydrogen) atoms. The predicted molar refractivity (Wildman–Crippen MR) is 76.8 cm³/mol. The van der Waals surface area contributed by atoms with Gasteiger partial charge in [-0.1, -0.05) is 6.92 Å². The summed E-state index contributed by atoms with van der Waals surface area (Å²) in [6.45, 7) is 6.58. The summed E-state index contributed by atoms with van der Waals surface area (Å²) in [5.41, 5.74) is 0. The van der Waals surface area contributed by atoms with Gasteiger partial charge in [-0.2, -0.15) is 0 Å². The average molecular weight is 293 g/mol. The Morgan fingerprint density at radius 3 is 2.84 bits per heavy atom. The van der Waals surface area contributed by atoms with Crippen LogP contribution in [0.25, 0.3) is 0 Å². The summed E-state index contributed by atoms with van der Waals surface area (Å²) in [5.74, 6) is 0.195. The molecule has 0 aliphatic carbocycles. The van der Waals surface area contributed by atoms with Crippen molar-refractivity contribution in [3.05, 3.63) is 0 Å². The smallest absolute Gasteiger partial charge is 0.211 e. The van der Waals surface area contributed by atoms with Crippen LogP contribution in [0.2, 0.25) is 0 Å². The van der Waals surface area contributed by atoms with Crippen molar-refractivity contribution in [2.24, 2.45) is 0 Å². The lowest BCUT2D eigenvalue weighted by Crippen LogP contribution is -2.46. The molecule has 0 aromatic carbocycles. The van der Waals surface area contributed by atoms with Crippen LogP contribution in [-0.2, 0) is 14.8 Å². The maximum absolute atomic E-state index is 11.8. The van der Waals surface area contributed by atoms with Gasteiger partial charge in [0.1, 0.15) is 0 Å². The number of rotatable bonds is 9. The number of ether oxygens (including phenoxy) is 1. The second-order valence-corrected chi connectivity index (χ2v) is 6.91. The van der Waals surface area contributed by atoms with Gasteiger partial charge in [0, 0.05) is 19.6 Å². The van der Waals surface area contributed by atoms with Gasteiger partial charge in [0.15, 0.2) is 0 Å². The molecule has 0 amide bonds. The Hall–Kier alpha value is -0.210. The zero-order valence-electron chi connectivity index (χ0n) is 12.0. The first kappa shape index (κ1) is 16.8. The lowest BCUT2D eigenvalue weighted by Gasteiger charge is -2.30. The molecule has 1 heterocycles. The maximum Gasteiger partial charge on any atom is 0.211 e. The van der Waals surface area contributed by atoms with Crippen LogP contribution < -0.4 is 10.0 Å². The minimum absolute atomic E-state index is 0.0321. The SMILES string of the molecule is CCNCCCCS(=O)(=O)NCC1CN(C)CCO1. The molecule has 0 spiro atoms. The van der Waals surface area contributed by atoms with Gasteiger partial charge < -0.3 is 15.0 Å². The Labute approximate surface area is 116 Å². The van der Waals surface area contributed by atoms with Crippen molar-refractivity contribution in [1.29, 1.82) is 0 Å². The monoisotopic (exact) mass is 293 g/mol. The molecule has 7 heteroatoms. The molecular weight excluding hydrogens is 266 g/mol. The number of nitrogens with zero attached hydrogens (tertiary/aromatic N) is 1. The van der Waals surface area contributed by atoms with E-state index in [1.807, 2.05) is 14.0 Å². The summed E-state index contributed by atoms with van der Waals surface area (Å²) in [5, 5.41) is 3.18. The first-order valence-electron chi connectivity index (χ1n) is 7.01. The first-order chi connectivity index (χ1) is 9.03. The van der Waals surface area contributed by atoms with Gasteiger partial charge >= 0.3 is 0 Å². The van der Waals surface area contributed by atoms with Crippen molar-refractivity contribution >= 4 is 10.0 Å². The number of nitrogens with one attached hydrogen (secondary N) is 2. The predicted octanol–water partition coefficient (Wildman–Crippen LogP) is -0.374. The topological polar surface area (TPSA) is 70.7 Å². The van der Waals surface area contributed by atoms with Gasteiger partial charge in [-0.15, -0.1) is 0 Å². The van der Waals surface area contributed by atoms with Crippen molar-refractivity contribution in [2.45, 2.75) is 25.9 Å². The highest BCUT2D eigenvalue weighted by molar-refractivity contribution is 7.89. The van der Waals surface area contributed by atoms with E-state index in [1.54, 1.807) is 0 Å². The standard InChI is InChI=1S/C12H27N3O3S/c1-3-13-6-4-5-9-19(16,17)14-10-12-11-15(2)7-8-18-12/h12-14H,3-11H2,1-2H3. The van der Waals surface area contributed by atoms with Gasteiger partial charge in [0.05, 0.1) is 18.5 Å². The number of hydrogen-bond donors (Lipinski definition) is 2. The minimum atomic E-state index is -3.16. The number of hydrogen-bond acceptors (Lipinski definition) is 5. The van der Waals surface area contributed by atoms with Crippen LogP contribution in [0.4, 0.5) is 0 Å².